The predicted molar refractivity (Wildman–Crippen MR) is 79.5 cm³/mol. The van der Waals surface area contributed by atoms with Gasteiger partial charge in [0, 0.05) is 5.92 Å². The highest BCUT2D eigenvalue weighted by Crippen LogP contribution is 2.21. The Morgan fingerprint density at radius 3 is 2.40 bits per heavy atom. The van der Waals surface area contributed by atoms with Gasteiger partial charge in [-0.05, 0) is 42.3 Å². The maximum absolute atomic E-state index is 9.53. The first-order valence-electron chi connectivity index (χ1n) is 6.67. The Labute approximate surface area is 119 Å². The molecule has 1 unspecified atom stereocenters. The quantitative estimate of drug-likeness (QED) is 0.878. The Hall–Kier alpha value is -2.00. The number of aliphatic hydroxyl groups excluding tert-OH is 1. The van der Waals surface area contributed by atoms with E-state index in [-0.39, 0.29) is 12.5 Å². The second-order valence-electron chi connectivity index (χ2n) is 4.78. The van der Waals surface area contributed by atoms with Gasteiger partial charge in [-0.1, -0.05) is 24.3 Å². The van der Waals surface area contributed by atoms with Gasteiger partial charge in [0.1, 0.15) is 11.5 Å². The zero-order chi connectivity index (χ0) is 14.4. The zero-order valence-corrected chi connectivity index (χ0v) is 11.9. The SMILES string of the molecule is COc1ccc(C(CO)COc2cccc(C)c2)cc1. The lowest BCUT2D eigenvalue weighted by atomic mass is 10.0. The lowest BCUT2D eigenvalue weighted by Crippen LogP contribution is -2.14. The van der Waals surface area contributed by atoms with Crippen LogP contribution in [0.3, 0.4) is 0 Å². The molecule has 1 N–H and O–H groups in total. The molecule has 0 spiro atoms. The third-order valence-electron chi connectivity index (χ3n) is 3.25. The van der Waals surface area contributed by atoms with E-state index in [9.17, 15) is 5.11 Å². The van der Waals surface area contributed by atoms with Gasteiger partial charge in [-0.3, -0.25) is 0 Å². The molecule has 0 amide bonds. The lowest BCUT2D eigenvalue weighted by Gasteiger charge is -2.16. The predicted octanol–water partition coefficient (Wildman–Crippen LogP) is 3.16. The van der Waals surface area contributed by atoms with Crippen LogP contribution in [0.25, 0.3) is 0 Å². The van der Waals surface area contributed by atoms with E-state index in [4.69, 9.17) is 9.47 Å². The summed E-state index contributed by atoms with van der Waals surface area (Å²) < 4.78 is 10.9. The number of aliphatic hydroxyl groups is 1. The third kappa shape index (κ3) is 3.75. The molecule has 0 aliphatic carbocycles. The molecule has 0 saturated heterocycles. The number of rotatable bonds is 6. The van der Waals surface area contributed by atoms with Crippen LogP contribution in [-0.4, -0.2) is 25.4 Å². The molecule has 0 aliphatic heterocycles. The molecule has 3 nitrogen and oxygen atoms in total. The molecule has 106 valence electrons. The number of methoxy groups -OCH3 is 1. The van der Waals surface area contributed by atoms with E-state index >= 15 is 0 Å². The van der Waals surface area contributed by atoms with Crippen molar-refractivity contribution in [3.05, 3.63) is 59.7 Å². The minimum Gasteiger partial charge on any atom is -0.497 e. The Bertz CT molecular complexity index is 534. The molecule has 0 saturated carbocycles. The van der Waals surface area contributed by atoms with Crippen LogP contribution < -0.4 is 9.47 Å². The van der Waals surface area contributed by atoms with Crippen molar-refractivity contribution < 1.29 is 14.6 Å². The molecule has 0 radical (unpaired) electrons. The molecular formula is C17H20O3. The zero-order valence-electron chi connectivity index (χ0n) is 11.9. The number of aryl methyl sites for hydroxylation is 1. The summed E-state index contributed by atoms with van der Waals surface area (Å²) in [6, 6.07) is 15.6. The van der Waals surface area contributed by atoms with Gasteiger partial charge < -0.3 is 14.6 Å². The van der Waals surface area contributed by atoms with Gasteiger partial charge in [-0.2, -0.15) is 0 Å². The van der Waals surface area contributed by atoms with Gasteiger partial charge in [-0.15, -0.1) is 0 Å². The highest BCUT2D eigenvalue weighted by molar-refractivity contribution is 5.30. The molecule has 2 aromatic carbocycles. The summed E-state index contributed by atoms with van der Waals surface area (Å²) in [5.74, 6) is 1.60. The summed E-state index contributed by atoms with van der Waals surface area (Å²) in [5.41, 5.74) is 2.20. The number of hydrogen-bond acceptors (Lipinski definition) is 3. The van der Waals surface area contributed by atoms with Crippen molar-refractivity contribution in [2.45, 2.75) is 12.8 Å². The molecule has 1 atom stereocenters. The largest absolute Gasteiger partial charge is 0.497 e. The Morgan fingerprint density at radius 2 is 1.80 bits per heavy atom. The van der Waals surface area contributed by atoms with Crippen LogP contribution in [0.1, 0.15) is 17.0 Å². The molecule has 0 aliphatic rings. The average Bonchev–Trinajstić information content (AvgIpc) is 2.48. The lowest BCUT2D eigenvalue weighted by molar-refractivity contribution is 0.205. The molecule has 2 aromatic rings. The number of benzene rings is 2. The Morgan fingerprint density at radius 1 is 1.05 bits per heavy atom. The second-order valence-corrected chi connectivity index (χ2v) is 4.78. The fraction of sp³-hybridized carbons (Fsp3) is 0.294. The summed E-state index contributed by atoms with van der Waals surface area (Å²) >= 11 is 0. The van der Waals surface area contributed by atoms with Crippen LogP contribution in [0.4, 0.5) is 0 Å². The molecule has 2 rings (SSSR count). The summed E-state index contributed by atoms with van der Waals surface area (Å²) in [6.07, 6.45) is 0. The minimum absolute atomic E-state index is 0.0404. The monoisotopic (exact) mass is 272 g/mol. The van der Waals surface area contributed by atoms with Crippen molar-refractivity contribution in [2.24, 2.45) is 0 Å². The summed E-state index contributed by atoms with van der Waals surface area (Å²) in [6.45, 7) is 2.53. The summed E-state index contributed by atoms with van der Waals surface area (Å²) in [5, 5.41) is 9.53. The van der Waals surface area contributed by atoms with E-state index < -0.39 is 0 Å². The van der Waals surface area contributed by atoms with Gasteiger partial charge in [0.05, 0.1) is 20.3 Å². The first-order chi connectivity index (χ1) is 9.72. The van der Waals surface area contributed by atoms with Crippen molar-refractivity contribution in [2.75, 3.05) is 20.3 Å². The van der Waals surface area contributed by atoms with Gasteiger partial charge >= 0.3 is 0 Å². The highest BCUT2D eigenvalue weighted by atomic mass is 16.5. The van der Waals surface area contributed by atoms with Crippen molar-refractivity contribution in [3.63, 3.8) is 0 Å². The summed E-state index contributed by atoms with van der Waals surface area (Å²) in [4.78, 5) is 0. The maximum atomic E-state index is 9.53. The van der Waals surface area contributed by atoms with E-state index in [1.165, 1.54) is 0 Å². The number of ether oxygens (including phenoxy) is 2. The highest BCUT2D eigenvalue weighted by Gasteiger charge is 2.11. The Kier molecular flexibility index (Phi) is 5.02. The first-order valence-corrected chi connectivity index (χ1v) is 6.67. The third-order valence-corrected chi connectivity index (χ3v) is 3.25. The molecule has 0 fully saturated rings. The van der Waals surface area contributed by atoms with Crippen molar-refractivity contribution in [3.8, 4) is 11.5 Å². The molecule has 0 heterocycles. The van der Waals surface area contributed by atoms with Crippen molar-refractivity contribution in [1.82, 2.24) is 0 Å². The van der Waals surface area contributed by atoms with E-state index in [0.717, 1.165) is 22.6 Å². The molecular weight excluding hydrogens is 252 g/mol. The Balaban J connectivity index is 2.01. The average molecular weight is 272 g/mol. The minimum atomic E-state index is -0.0404. The maximum Gasteiger partial charge on any atom is 0.119 e. The van der Waals surface area contributed by atoms with E-state index in [2.05, 4.69) is 0 Å². The van der Waals surface area contributed by atoms with Crippen LogP contribution in [-0.2, 0) is 0 Å². The molecule has 0 aromatic heterocycles. The normalized spacial score (nSPS) is 11.9. The smallest absolute Gasteiger partial charge is 0.119 e. The molecule has 20 heavy (non-hydrogen) atoms. The van der Waals surface area contributed by atoms with Gasteiger partial charge in [-0.25, -0.2) is 0 Å². The van der Waals surface area contributed by atoms with Crippen LogP contribution in [0, 0.1) is 6.92 Å². The van der Waals surface area contributed by atoms with Gasteiger partial charge in [0.2, 0.25) is 0 Å². The molecule has 0 bridgehead atoms. The van der Waals surface area contributed by atoms with Gasteiger partial charge in [0.15, 0.2) is 0 Å². The van der Waals surface area contributed by atoms with Crippen LogP contribution >= 0.6 is 0 Å². The van der Waals surface area contributed by atoms with Crippen LogP contribution in [0.2, 0.25) is 0 Å². The van der Waals surface area contributed by atoms with Crippen LogP contribution in [0.15, 0.2) is 48.5 Å². The summed E-state index contributed by atoms with van der Waals surface area (Å²) in [7, 11) is 1.64. The topological polar surface area (TPSA) is 38.7 Å². The number of hydrogen-bond donors (Lipinski definition) is 1. The first kappa shape index (κ1) is 14.4. The molecule has 3 heteroatoms. The van der Waals surface area contributed by atoms with E-state index in [0.29, 0.717) is 6.61 Å². The van der Waals surface area contributed by atoms with Crippen molar-refractivity contribution >= 4 is 0 Å². The van der Waals surface area contributed by atoms with Gasteiger partial charge in [0.25, 0.3) is 0 Å². The van der Waals surface area contributed by atoms with Crippen molar-refractivity contribution in [1.29, 1.82) is 0 Å². The fourth-order valence-corrected chi connectivity index (χ4v) is 2.03. The second kappa shape index (κ2) is 6.96. The fourth-order valence-electron chi connectivity index (χ4n) is 2.03. The van der Waals surface area contributed by atoms with E-state index in [1.807, 2.05) is 55.5 Å². The standard InChI is InChI=1S/C17H20O3/c1-13-4-3-5-17(10-13)20-12-15(11-18)14-6-8-16(19-2)9-7-14/h3-10,15,18H,11-12H2,1-2H3. The van der Waals surface area contributed by atoms with E-state index in [1.54, 1.807) is 7.11 Å². The van der Waals surface area contributed by atoms with Crippen LogP contribution in [0.5, 0.6) is 11.5 Å².